The normalized spacial score (nSPS) is 11.2. The first-order valence-corrected chi connectivity index (χ1v) is 7.23. The lowest BCUT2D eigenvalue weighted by molar-refractivity contribution is 0.0993. The van der Waals surface area contributed by atoms with Gasteiger partial charge in [-0.05, 0) is 23.1 Å². The summed E-state index contributed by atoms with van der Waals surface area (Å²) in [4.78, 5) is 12.4. The van der Waals surface area contributed by atoms with Crippen molar-refractivity contribution in [1.29, 1.82) is 0 Å². The van der Waals surface area contributed by atoms with Crippen molar-refractivity contribution in [2.75, 3.05) is 0 Å². The van der Waals surface area contributed by atoms with Crippen LogP contribution in [0.5, 0.6) is 0 Å². The average Bonchev–Trinajstić information content (AvgIpc) is 2.92. The van der Waals surface area contributed by atoms with Crippen LogP contribution in [-0.4, -0.2) is 5.78 Å². The Morgan fingerprint density at radius 3 is 2.48 bits per heavy atom. The number of furan rings is 1. The van der Waals surface area contributed by atoms with Crippen LogP contribution < -0.4 is 0 Å². The summed E-state index contributed by atoms with van der Waals surface area (Å²) in [6.07, 6.45) is 1.97. The number of carbonyl (C=O) groups is 1. The minimum Gasteiger partial charge on any atom is -0.464 e. The van der Waals surface area contributed by atoms with E-state index in [0.717, 1.165) is 16.5 Å². The maximum atomic E-state index is 12.4. The Balaban J connectivity index is 1.83. The number of carbonyl (C=O) groups excluding carboxylic acids is 1. The minimum atomic E-state index is 0.0947. The molecule has 1 aromatic heterocycles. The molecule has 3 aromatic rings. The number of rotatable bonds is 4. The predicted molar refractivity (Wildman–Crippen MR) is 84.8 cm³/mol. The van der Waals surface area contributed by atoms with E-state index < -0.39 is 0 Å². The Hall–Kier alpha value is -2.35. The predicted octanol–water partition coefficient (Wildman–Crippen LogP) is 4.98. The van der Waals surface area contributed by atoms with Crippen molar-refractivity contribution in [2.24, 2.45) is 0 Å². The van der Waals surface area contributed by atoms with E-state index in [2.05, 4.69) is 26.0 Å². The van der Waals surface area contributed by atoms with Crippen LogP contribution >= 0.6 is 0 Å². The van der Waals surface area contributed by atoms with Gasteiger partial charge in [0.25, 0.3) is 0 Å². The molecule has 0 aliphatic heterocycles. The van der Waals surface area contributed by atoms with Gasteiger partial charge in [0, 0.05) is 11.8 Å². The summed E-state index contributed by atoms with van der Waals surface area (Å²) in [5.74, 6) is 0.602. The maximum absolute atomic E-state index is 12.4. The summed E-state index contributed by atoms with van der Waals surface area (Å²) >= 11 is 0. The first-order chi connectivity index (χ1) is 10.1. The largest absolute Gasteiger partial charge is 0.464 e. The third-order valence-electron chi connectivity index (χ3n) is 3.79. The van der Waals surface area contributed by atoms with Crippen LogP contribution in [0.25, 0.3) is 11.0 Å². The number of Topliss-reactive ketones (excluding diaryl/α,β-unsaturated/α-hetero) is 1. The first-order valence-electron chi connectivity index (χ1n) is 7.23. The van der Waals surface area contributed by atoms with Crippen molar-refractivity contribution in [2.45, 2.75) is 26.2 Å². The number of fused-ring (bicyclic) bond motifs is 1. The SMILES string of the molecule is CC(C)c1ccc(CC(=O)c2coc3ccccc23)cc1. The first kappa shape index (κ1) is 13.6. The van der Waals surface area contributed by atoms with E-state index in [1.807, 2.05) is 36.4 Å². The average molecular weight is 278 g/mol. The summed E-state index contributed by atoms with van der Waals surface area (Å²) in [5.41, 5.74) is 3.75. The van der Waals surface area contributed by atoms with Gasteiger partial charge in [-0.1, -0.05) is 56.3 Å². The van der Waals surface area contributed by atoms with Gasteiger partial charge >= 0.3 is 0 Å². The van der Waals surface area contributed by atoms with Crippen LogP contribution in [0.3, 0.4) is 0 Å². The van der Waals surface area contributed by atoms with E-state index in [0.29, 0.717) is 17.9 Å². The highest BCUT2D eigenvalue weighted by atomic mass is 16.3. The van der Waals surface area contributed by atoms with Crippen LogP contribution in [0.15, 0.2) is 59.2 Å². The molecule has 106 valence electrons. The molecule has 0 unspecified atom stereocenters. The topological polar surface area (TPSA) is 30.2 Å². The lowest BCUT2D eigenvalue weighted by Crippen LogP contribution is -2.02. The second-order valence-electron chi connectivity index (χ2n) is 5.64. The number of benzene rings is 2. The number of hydrogen-bond donors (Lipinski definition) is 0. The van der Waals surface area contributed by atoms with E-state index in [-0.39, 0.29) is 5.78 Å². The molecule has 2 nitrogen and oxygen atoms in total. The standard InChI is InChI=1S/C19H18O2/c1-13(2)15-9-7-14(8-10-15)11-18(20)17-12-21-19-6-4-3-5-16(17)19/h3-10,12-13H,11H2,1-2H3. The highest BCUT2D eigenvalue weighted by Crippen LogP contribution is 2.22. The van der Waals surface area contributed by atoms with Gasteiger partial charge in [0.1, 0.15) is 11.8 Å². The van der Waals surface area contributed by atoms with Crippen molar-refractivity contribution in [3.05, 3.63) is 71.5 Å². The van der Waals surface area contributed by atoms with E-state index in [9.17, 15) is 4.79 Å². The molecule has 0 N–H and O–H groups in total. The molecule has 0 atom stereocenters. The zero-order valence-electron chi connectivity index (χ0n) is 12.3. The third kappa shape index (κ3) is 2.75. The Bertz CT molecular complexity index is 764. The van der Waals surface area contributed by atoms with Crippen LogP contribution in [0.4, 0.5) is 0 Å². The summed E-state index contributed by atoms with van der Waals surface area (Å²) in [7, 11) is 0. The van der Waals surface area contributed by atoms with Gasteiger partial charge in [-0.2, -0.15) is 0 Å². The molecule has 0 fully saturated rings. The third-order valence-corrected chi connectivity index (χ3v) is 3.79. The van der Waals surface area contributed by atoms with Gasteiger partial charge in [-0.25, -0.2) is 0 Å². The highest BCUT2D eigenvalue weighted by Gasteiger charge is 2.14. The van der Waals surface area contributed by atoms with Crippen molar-refractivity contribution in [3.63, 3.8) is 0 Å². The van der Waals surface area contributed by atoms with E-state index >= 15 is 0 Å². The molecule has 0 spiro atoms. The second-order valence-corrected chi connectivity index (χ2v) is 5.64. The lowest BCUT2D eigenvalue weighted by atomic mass is 9.98. The summed E-state index contributed by atoms with van der Waals surface area (Å²) in [5, 5.41) is 0.890. The highest BCUT2D eigenvalue weighted by molar-refractivity contribution is 6.07. The molecule has 0 saturated carbocycles. The zero-order chi connectivity index (χ0) is 14.8. The van der Waals surface area contributed by atoms with Gasteiger partial charge in [0.15, 0.2) is 5.78 Å². The Morgan fingerprint density at radius 1 is 1.05 bits per heavy atom. The molecule has 21 heavy (non-hydrogen) atoms. The molecule has 0 bridgehead atoms. The van der Waals surface area contributed by atoms with Crippen molar-refractivity contribution < 1.29 is 9.21 Å². The van der Waals surface area contributed by atoms with Crippen molar-refractivity contribution in [1.82, 2.24) is 0 Å². The van der Waals surface area contributed by atoms with Crippen LogP contribution in [0.1, 0.15) is 41.3 Å². The van der Waals surface area contributed by atoms with E-state index in [1.165, 1.54) is 5.56 Å². The zero-order valence-corrected chi connectivity index (χ0v) is 12.3. The molecule has 2 aromatic carbocycles. The van der Waals surface area contributed by atoms with Gasteiger partial charge in [0.05, 0.1) is 5.56 Å². The molecule has 0 saturated heterocycles. The van der Waals surface area contributed by atoms with Gasteiger partial charge in [-0.3, -0.25) is 4.79 Å². The van der Waals surface area contributed by atoms with Gasteiger partial charge < -0.3 is 4.42 Å². The summed E-state index contributed by atoms with van der Waals surface area (Å²) in [6.45, 7) is 4.33. The fourth-order valence-electron chi connectivity index (χ4n) is 2.49. The minimum absolute atomic E-state index is 0.0947. The lowest BCUT2D eigenvalue weighted by Gasteiger charge is -2.06. The molecular weight excluding hydrogens is 260 g/mol. The molecule has 3 rings (SSSR count). The van der Waals surface area contributed by atoms with Crippen LogP contribution in [0.2, 0.25) is 0 Å². The Morgan fingerprint density at radius 2 is 1.76 bits per heavy atom. The number of ketones is 1. The van der Waals surface area contributed by atoms with E-state index in [1.54, 1.807) is 6.26 Å². The molecule has 0 aliphatic carbocycles. The van der Waals surface area contributed by atoms with Gasteiger partial charge in [0.2, 0.25) is 0 Å². The van der Waals surface area contributed by atoms with Crippen LogP contribution in [-0.2, 0) is 6.42 Å². The number of hydrogen-bond acceptors (Lipinski definition) is 2. The Labute approximate surface area is 124 Å². The molecule has 0 radical (unpaired) electrons. The molecule has 2 heteroatoms. The fraction of sp³-hybridized carbons (Fsp3) is 0.211. The molecular formula is C19H18O2. The maximum Gasteiger partial charge on any atom is 0.171 e. The smallest absolute Gasteiger partial charge is 0.171 e. The molecule has 0 aliphatic rings. The van der Waals surface area contributed by atoms with Crippen molar-refractivity contribution in [3.8, 4) is 0 Å². The second kappa shape index (κ2) is 5.57. The fourth-order valence-corrected chi connectivity index (χ4v) is 2.49. The number of para-hydroxylation sites is 1. The molecule has 0 amide bonds. The summed E-state index contributed by atoms with van der Waals surface area (Å²) < 4.78 is 5.44. The quantitative estimate of drug-likeness (QED) is 0.630. The molecule has 1 heterocycles. The monoisotopic (exact) mass is 278 g/mol. The van der Waals surface area contributed by atoms with E-state index in [4.69, 9.17) is 4.42 Å². The van der Waals surface area contributed by atoms with Gasteiger partial charge in [-0.15, -0.1) is 0 Å². The van der Waals surface area contributed by atoms with Crippen LogP contribution in [0, 0.1) is 0 Å². The summed E-state index contributed by atoms with van der Waals surface area (Å²) in [6, 6.07) is 15.9. The van der Waals surface area contributed by atoms with Crippen molar-refractivity contribution >= 4 is 16.8 Å². The Kier molecular flexibility index (Phi) is 3.61.